The number of amides is 1. The Bertz CT molecular complexity index is 1630. The number of aromatic nitrogens is 5. The van der Waals surface area contributed by atoms with Gasteiger partial charge in [0.05, 0.1) is 37.8 Å². The molecule has 0 spiro atoms. The van der Waals surface area contributed by atoms with E-state index in [0.717, 1.165) is 0 Å². The van der Waals surface area contributed by atoms with Crippen LogP contribution < -0.4 is 16.0 Å². The summed E-state index contributed by atoms with van der Waals surface area (Å²) in [6, 6.07) is 1.48. The van der Waals surface area contributed by atoms with E-state index in [1.165, 1.54) is 40.1 Å². The molecule has 0 radical (unpaired) electrons. The second-order valence-corrected chi connectivity index (χ2v) is 13.7. The topological polar surface area (TPSA) is 300 Å². The molecule has 21 heteroatoms. The van der Waals surface area contributed by atoms with Gasteiger partial charge in [0.25, 0.3) is 5.91 Å². The Morgan fingerprint density at radius 3 is 2.27 bits per heavy atom. The predicted octanol–water partition coefficient (Wildman–Crippen LogP) is -1.69. The number of imidazole rings is 1. The maximum atomic E-state index is 12.5. The molecule has 0 bridgehead atoms. The van der Waals surface area contributed by atoms with Gasteiger partial charge >= 0.3 is 15.6 Å². The molecule has 1 amide bonds. The van der Waals surface area contributed by atoms with Gasteiger partial charge in [0, 0.05) is 24.3 Å². The molecule has 2 aliphatic rings. The van der Waals surface area contributed by atoms with E-state index < -0.39 is 83.1 Å². The van der Waals surface area contributed by atoms with Crippen molar-refractivity contribution in [3.05, 3.63) is 42.7 Å². The lowest BCUT2D eigenvalue weighted by atomic mass is 10.1. The first kappa shape index (κ1) is 32.5. The summed E-state index contributed by atoms with van der Waals surface area (Å²) >= 11 is 0. The van der Waals surface area contributed by atoms with Gasteiger partial charge in [-0.1, -0.05) is 0 Å². The molecule has 10 unspecified atom stereocenters. The number of fused-ring (bicyclic) bond motifs is 1. The van der Waals surface area contributed by atoms with Gasteiger partial charge in [-0.2, -0.15) is 8.88 Å². The maximum Gasteiger partial charge on any atom is 0.481 e. The molecule has 10 atom stereocenters. The first-order valence-electron chi connectivity index (χ1n) is 13.3. The highest BCUT2D eigenvalue weighted by Crippen LogP contribution is 2.61. The highest BCUT2D eigenvalue weighted by atomic mass is 31.3. The van der Waals surface area contributed by atoms with Crippen LogP contribution >= 0.6 is 15.6 Å². The second kappa shape index (κ2) is 12.5. The number of hydrogen-bond donors (Lipinski definition) is 8. The number of carbonyl (C=O) groups excluding carboxylic acids is 1. The van der Waals surface area contributed by atoms with Crippen LogP contribution in [0, 0.1) is 11.8 Å². The van der Waals surface area contributed by atoms with Gasteiger partial charge in [-0.3, -0.25) is 13.8 Å². The quantitative estimate of drug-likeness (QED) is 0.0840. The number of nitrogens with zero attached hydrogens (tertiary/aromatic N) is 5. The third kappa shape index (κ3) is 6.68. The van der Waals surface area contributed by atoms with Crippen molar-refractivity contribution >= 4 is 38.5 Å². The number of phosphoric ester groups is 2. The zero-order valence-corrected chi connectivity index (χ0v) is 24.6. The molecule has 3 aromatic rings. The van der Waals surface area contributed by atoms with Crippen LogP contribution in [0.3, 0.4) is 0 Å². The summed E-state index contributed by atoms with van der Waals surface area (Å²) in [6.07, 6.45) is 0.0420. The summed E-state index contributed by atoms with van der Waals surface area (Å²) in [7, 11) is -10.5. The fourth-order valence-corrected chi connectivity index (χ4v) is 7.80. The predicted molar refractivity (Wildman–Crippen MR) is 146 cm³/mol. The fourth-order valence-electron chi connectivity index (χ4n) is 5.62. The lowest BCUT2D eigenvalue weighted by Gasteiger charge is -2.21. The number of aliphatic hydroxyl groups is 4. The summed E-state index contributed by atoms with van der Waals surface area (Å²) in [6.45, 7) is -1.30. The molecule has 2 fully saturated rings. The molecule has 44 heavy (non-hydrogen) atoms. The first-order chi connectivity index (χ1) is 20.7. The van der Waals surface area contributed by atoms with Crippen molar-refractivity contribution in [1.82, 2.24) is 19.5 Å². The third-order valence-electron chi connectivity index (χ3n) is 7.89. The molecular formula is C23H32N7O12P2+. The van der Waals surface area contributed by atoms with Crippen LogP contribution in [0.25, 0.3) is 11.2 Å². The van der Waals surface area contributed by atoms with Crippen molar-refractivity contribution in [2.24, 2.45) is 17.6 Å². The van der Waals surface area contributed by atoms with Crippen molar-refractivity contribution in [1.29, 1.82) is 0 Å². The summed E-state index contributed by atoms with van der Waals surface area (Å²) in [4.78, 5) is 43.8. The van der Waals surface area contributed by atoms with Crippen molar-refractivity contribution in [3.8, 4) is 0 Å². The van der Waals surface area contributed by atoms with Gasteiger partial charge < -0.3 is 46.2 Å². The largest absolute Gasteiger partial charge is 0.481 e. The van der Waals surface area contributed by atoms with E-state index in [4.69, 9.17) is 20.5 Å². The van der Waals surface area contributed by atoms with Crippen LogP contribution in [0.1, 0.15) is 35.3 Å². The Morgan fingerprint density at radius 1 is 0.977 bits per heavy atom. The first-order valence-corrected chi connectivity index (χ1v) is 16.3. The van der Waals surface area contributed by atoms with E-state index in [1.807, 2.05) is 0 Å². The minimum Gasteiger partial charge on any atom is -0.390 e. The Kier molecular flexibility index (Phi) is 9.19. The molecule has 3 heterocycles. The normalized spacial score (nSPS) is 31.6. The lowest BCUT2D eigenvalue weighted by Crippen LogP contribution is -2.45. The Labute approximate surface area is 248 Å². The molecule has 19 nitrogen and oxygen atoms in total. The van der Waals surface area contributed by atoms with E-state index in [9.17, 15) is 44.1 Å². The summed E-state index contributed by atoms with van der Waals surface area (Å²) in [5, 5.41) is 42.2. The number of anilines is 1. The monoisotopic (exact) mass is 660 g/mol. The highest BCUT2D eigenvalue weighted by Gasteiger charge is 2.49. The van der Waals surface area contributed by atoms with E-state index in [-0.39, 0.29) is 29.7 Å². The summed E-state index contributed by atoms with van der Waals surface area (Å²) in [5.41, 5.74) is 11.8. The second-order valence-electron chi connectivity index (χ2n) is 10.7. The van der Waals surface area contributed by atoms with Gasteiger partial charge in [-0.05, 0) is 12.5 Å². The fraction of sp³-hybridized carbons (Fsp3) is 0.522. The summed E-state index contributed by atoms with van der Waals surface area (Å²) in [5.74, 6) is -2.41. The molecule has 10 N–H and O–H groups in total. The Morgan fingerprint density at radius 2 is 1.61 bits per heavy atom. The Hall–Kier alpha value is -2.93. The SMILES string of the molecule is NC(=O)c1ccc[n+](C2CC(COP(=O)(O)OP(=O)(O)OCC3CC(n4cnc5c(N)ncnc54)C(O)C3O)C(O)C2O)c1. The zero-order chi connectivity index (χ0) is 32.0. The van der Waals surface area contributed by atoms with E-state index in [2.05, 4.69) is 19.3 Å². The number of phosphoric acid groups is 2. The van der Waals surface area contributed by atoms with E-state index >= 15 is 0 Å². The molecule has 0 aliphatic heterocycles. The number of primary amides is 1. The van der Waals surface area contributed by atoms with E-state index in [0.29, 0.717) is 5.65 Å². The van der Waals surface area contributed by atoms with Crippen LogP contribution in [-0.2, 0) is 22.5 Å². The van der Waals surface area contributed by atoms with Crippen molar-refractivity contribution in [3.63, 3.8) is 0 Å². The number of nitrogens with two attached hydrogens (primary N) is 2. The molecular weight excluding hydrogens is 628 g/mol. The highest BCUT2D eigenvalue weighted by molar-refractivity contribution is 7.61. The standard InChI is InChI=1S/C23H31N7O12P2/c24-21-16-23(27-9-26-21)30(10-28-16)15-5-13(18(32)20(15)34)8-41-44(38,39)42-43(36,37)40-7-12-4-14(19(33)17(12)31)29-3-1-2-11(6-29)22(25)35/h1-3,6,9-10,12-15,17-20,31-34H,4-5,7-8H2,(H5-,24,25,26,27,35,36,37,38,39)/p+1. The number of aliphatic hydroxyl groups excluding tert-OH is 4. The molecule has 0 aromatic carbocycles. The van der Waals surface area contributed by atoms with Gasteiger partial charge in [0.1, 0.15) is 29.6 Å². The number of pyridine rings is 1. The third-order valence-corrected chi connectivity index (χ3v) is 10.5. The van der Waals surface area contributed by atoms with Crippen LogP contribution in [0.4, 0.5) is 5.82 Å². The zero-order valence-electron chi connectivity index (χ0n) is 22.8. The van der Waals surface area contributed by atoms with Crippen molar-refractivity contribution < 1.29 is 62.1 Å². The van der Waals surface area contributed by atoms with Crippen LogP contribution in [0.2, 0.25) is 0 Å². The van der Waals surface area contributed by atoms with Crippen LogP contribution in [0.5, 0.6) is 0 Å². The van der Waals surface area contributed by atoms with Gasteiger partial charge in [-0.15, -0.1) is 0 Å². The maximum absolute atomic E-state index is 12.5. The lowest BCUT2D eigenvalue weighted by molar-refractivity contribution is -0.728. The van der Waals surface area contributed by atoms with E-state index in [1.54, 1.807) is 6.20 Å². The average Bonchev–Trinajstić information content (AvgIpc) is 3.61. The van der Waals surface area contributed by atoms with Crippen LogP contribution in [0.15, 0.2) is 37.2 Å². The number of nitrogen functional groups attached to an aromatic ring is 1. The Balaban J connectivity index is 1.16. The van der Waals surface area contributed by atoms with Crippen molar-refractivity contribution in [2.75, 3.05) is 18.9 Å². The molecule has 240 valence electrons. The number of hydrogen-bond acceptors (Lipinski definition) is 14. The number of carbonyl (C=O) groups is 1. The minimum atomic E-state index is -5.25. The van der Waals surface area contributed by atoms with Gasteiger partial charge in [-0.25, -0.2) is 24.1 Å². The van der Waals surface area contributed by atoms with Crippen LogP contribution in [-0.4, -0.2) is 93.3 Å². The minimum absolute atomic E-state index is 0.0361. The number of rotatable bonds is 11. The van der Waals surface area contributed by atoms with Gasteiger partial charge in [0.15, 0.2) is 29.9 Å². The molecule has 2 saturated carbocycles. The smallest absolute Gasteiger partial charge is 0.390 e. The molecule has 5 rings (SSSR count). The summed E-state index contributed by atoms with van der Waals surface area (Å²) < 4.78 is 42.0. The molecule has 2 aliphatic carbocycles. The molecule has 3 aromatic heterocycles. The average molecular weight is 660 g/mol. The molecule has 0 saturated heterocycles. The van der Waals surface area contributed by atoms with Gasteiger partial charge in [0.2, 0.25) is 0 Å². The van der Waals surface area contributed by atoms with Crippen molar-refractivity contribution in [2.45, 2.75) is 49.3 Å².